The molecule has 1 amide bonds. The molecule has 0 aliphatic rings. The van der Waals surface area contributed by atoms with Gasteiger partial charge in [0.1, 0.15) is 11.5 Å². The first-order valence-corrected chi connectivity index (χ1v) is 9.10. The molecule has 2 aromatic rings. The molecule has 5 heteroatoms. The van der Waals surface area contributed by atoms with Crippen LogP contribution in [0.25, 0.3) is 0 Å². The minimum atomic E-state index is -0.0159. The molecular formula is C21H28N2O3. The second kappa shape index (κ2) is 9.22. The lowest BCUT2D eigenvalue weighted by Gasteiger charge is -2.25. The summed E-state index contributed by atoms with van der Waals surface area (Å²) >= 11 is 0. The highest BCUT2D eigenvalue weighted by atomic mass is 16.3. The van der Waals surface area contributed by atoms with E-state index < -0.39 is 0 Å². The molecule has 0 spiro atoms. The number of Topliss-reactive ketones (excluding diaryl/α,β-unsaturated/α-hetero) is 1. The van der Waals surface area contributed by atoms with Crippen molar-refractivity contribution in [3.8, 4) is 0 Å². The predicted octanol–water partition coefficient (Wildman–Crippen LogP) is 3.67. The van der Waals surface area contributed by atoms with E-state index in [0.717, 1.165) is 13.1 Å². The van der Waals surface area contributed by atoms with Crippen LogP contribution in [0.4, 0.5) is 5.69 Å². The maximum atomic E-state index is 12.1. The second-order valence-corrected chi connectivity index (χ2v) is 6.45. The Kier molecular flexibility index (Phi) is 7.01. The molecule has 0 saturated heterocycles. The zero-order valence-electron chi connectivity index (χ0n) is 16.1. The number of likely N-dealkylation sites (N-methyl/N-ethyl adjacent to an activating group) is 1. The average molecular weight is 356 g/mol. The van der Waals surface area contributed by atoms with E-state index in [2.05, 4.69) is 36.2 Å². The predicted molar refractivity (Wildman–Crippen MR) is 104 cm³/mol. The molecule has 0 bridgehead atoms. The molecule has 1 N–H and O–H groups in total. The van der Waals surface area contributed by atoms with Gasteiger partial charge in [-0.1, -0.05) is 18.2 Å². The molecule has 2 rings (SSSR count). The third kappa shape index (κ3) is 5.22. The Morgan fingerprint density at radius 3 is 2.54 bits per heavy atom. The molecule has 0 saturated carbocycles. The van der Waals surface area contributed by atoms with E-state index in [1.807, 2.05) is 12.1 Å². The van der Waals surface area contributed by atoms with Gasteiger partial charge in [0.15, 0.2) is 5.78 Å². The van der Waals surface area contributed by atoms with E-state index in [4.69, 9.17) is 4.42 Å². The molecule has 0 radical (unpaired) electrons. The lowest BCUT2D eigenvalue weighted by molar-refractivity contribution is -0.121. The topological polar surface area (TPSA) is 62.6 Å². The number of hydrogen-bond donors (Lipinski definition) is 1. The Morgan fingerprint density at radius 2 is 1.92 bits per heavy atom. The van der Waals surface area contributed by atoms with Crippen molar-refractivity contribution in [2.24, 2.45) is 0 Å². The van der Waals surface area contributed by atoms with Crippen molar-refractivity contribution in [1.29, 1.82) is 0 Å². The lowest BCUT2D eigenvalue weighted by Crippen LogP contribution is -2.35. The van der Waals surface area contributed by atoms with Gasteiger partial charge in [-0.05, 0) is 45.4 Å². The molecule has 140 valence electrons. The first-order chi connectivity index (χ1) is 12.4. The monoisotopic (exact) mass is 356 g/mol. The number of anilines is 1. The number of nitrogens with one attached hydrogen (secondary N) is 1. The lowest BCUT2D eigenvalue weighted by atomic mass is 10.1. The fraction of sp³-hybridized carbons (Fsp3) is 0.429. The van der Waals surface area contributed by atoms with Crippen molar-refractivity contribution < 1.29 is 14.0 Å². The van der Waals surface area contributed by atoms with Crippen LogP contribution >= 0.6 is 0 Å². The number of ketones is 1. The number of furan rings is 1. The van der Waals surface area contributed by atoms with Gasteiger partial charge in [-0.15, -0.1) is 0 Å². The summed E-state index contributed by atoms with van der Waals surface area (Å²) in [4.78, 5) is 25.8. The Balaban J connectivity index is 1.79. The number of benzene rings is 1. The molecule has 5 nitrogen and oxygen atoms in total. The zero-order chi connectivity index (χ0) is 19.1. The minimum Gasteiger partial charge on any atom is -0.466 e. The molecule has 26 heavy (non-hydrogen) atoms. The number of hydrogen-bond acceptors (Lipinski definition) is 4. The Morgan fingerprint density at radius 1 is 1.19 bits per heavy atom. The number of aryl methyl sites for hydroxylation is 3. The summed E-state index contributed by atoms with van der Waals surface area (Å²) < 4.78 is 5.55. The second-order valence-electron chi connectivity index (χ2n) is 6.45. The van der Waals surface area contributed by atoms with E-state index in [0.29, 0.717) is 36.5 Å². The van der Waals surface area contributed by atoms with Crippen LogP contribution in [-0.2, 0) is 11.2 Å². The van der Waals surface area contributed by atoms with Gasteiger partial charge in [0.2, 0.25) is 5.91 Å². The van der Waals surface area contributed by atoms with E-state index in [1.54, 1.807) is 13.0 Å². The van der Waals surface area contributed by atoms with Gasteiger partial charge in [-0.3, -0.25) is 9.59 Å². The zero-order valence-corrected chi connectivity index (χ0v) is 16.1. The molecule has 0 aliphatic heterocycles. The third-order valence-electron chi connectivity index (χ3n) is 4.49. The average Bonchev–Trinajstić information content (AvgIpc) is 2.99. The summed E-state index contributed by atoms with van der Waals surface area (Å²) in [6, 6.07) is 10.00. The summed E-state index contributed by atoms with van der Waals surface area (Å²) in [6.07, 6.45) is 0.843. The van der Waals surface area contributed by atoms with E-state index in [1.165, 1.54) is 18.2 Å². The van der Waals surface area contributed by atoms with Gasteiger partial charge in [0.05, 0.1) is 5.56 Å². The van der Waals surface area contributed by atoms with Crippen LogP contribution < -0.4 is 10.2 Å². The highest BCUT2D eigenvalue weighted by Crippen LogP contribution is 2.19. The molecular weight excluding hydrogens is 328 g/mol. The van der Waals surface area contributed by atoms with Gasteiger partial charge in [-0.2, -0.15) is 0 Å². The Hall–Kier alpha value is -2.56. The van der Waals surface area contributed by atoms with Crippen molar-refractivity contribution in [3.05, 3.63) is 53.0 Å². The molecule has 0 fully saturated rings. The number of carbonyl (C=O) groups is 2. The van der Waals surface area contributed by atoms with Crippen molar-refractivity contribution in [2.75, 3.05) is 24.5 Å². The van der Waals surface area contributed by atoms with Crippen LogP contribution in [0.5, 0.6) is 0 Å². The van der Waals surface area contributed by atoms with E-state index in [9.17, 15) is 9.59 Å². The summed E-state index contributed by atoms with van der Waals surface area (Å²) in [5.41, 5.74) is 3.03. The van der Waals surface area contributed by atoms with Gasteiger partial charge in [-0.25, -0.2) is 0 Å². The summed E-state index contributed by atoms with van der Waals surface area (Å²) in [5, 5.41) is 2.96. The Bertz CT molecular complexity index is 764. The summed E-state index contributed by atoms with van der Waals surface area (Å²) in [5.74, 6) is 1.27. The molecule has 0 atom stereocenters. The maximum Gasteiger partial charge on any atom is 0.220 e. The highest BCUT2D eigenvalue weighted by Gasteiger charge is 2.13. The number of amides is 1. The van der Waals surface area contributed by atoms with Gasteiger partial charge in [0, 0.05) is 38.2 Å². The maximum absolute atomic E-state index is 12.1. The molecule has 1 aromatic carbocycles. The minimum absolute atomic E-state index is 0.00994. The van der Waals surface area contributed by atoms with Crippen molar-refractivity contribution in [2.45, 2.75) is 40.5 Å². The Labute approximate surface area is 155 Å². The largest absolute Gasteiger partial charge is 0.466 e. The number of carbonyl (C=O) groups excluding carboxylic acids is 2. The van der Waals surface area contributed by atoms with Crippen molar-refractivity contribution in [1.82, 2.24) is 5.32 Å². The molecule has 0 aliphatic carbocycles. The number of nitrogens with zero attached hydrogens (tertiary/aromatic N) is 1. The first kappa shape index (κ1) is 19.8. The molecule has 0 unspecified atom stereocenters. The van der Waals surface area contributed by atoms with E-state index >= 15 is 0 Å². The fourth-order valence-electron chi connectivity index (χ4n) is 3.04. The fourth-order valence-corrected chi connectivity index (χ4v) is 3.04. The van der Waals surface area contributed by atoms with Crippen LogP contribution in [-0.4, -0.2) is 31.3 Å². The van der Waals surface area contributed by atoms with Crippen LogP contribution in [0.1, 0.15) is 47.7 Å². The summed E-state index contributed by atoms with van der Waals surface area (Å²) in [6.45, 7) is 9.74. The van der Waals surface area contributed by atoms with Gasteiger partial charge < -0.3 is 14.6 Å². The van der Waals surface area contributed by atoms with E-state index in [-0.39, 0.29) is 11.7 Å². The normalized spacial score (nSPS) is 10.6. The highest BCUT2D eigenvalue weighted by molar-refractivity contribution is 5.95. The van der Waals surface area contributed by atoms with Crippen molar-refractivity contribution in [3.63, 3.8) is 0 Å². The quantitative estimate of drug-likeness (QED) is 0.696. The van der Waals surface area contributed by atoms with Gasteiger partial charge in [0.25, 0.3) is 0 Å². The third-order valence-corrected chi connectivity index (χ3v) is 4.49. The van der Waals surface area contributed by atoms with Crippen LogP contribution in [0, 0.1) is 13.8 Å². The first-order valence-electron chi connectivity index (χ1n) is 9.10. The standard InChI is InChI=1S/C21H28N2O3/c1-5-23(20-9-7-6-8-15(20)2)13-12-22-21(25)11-10-18-14-19(16(3)24)17(4)26-18/h6-9,14H,5,10-13H2,1-4H3,(H,22,25). The number of para-hydroxylation sites is 1. The molecule has 1 aromatic heterocycles. The SMILES string of the molecule is CCN(CCNC(=O)CCc1cc(C(C)=O)c(C)o1)c1ccccc1C. The number of rotatable bonds is 9. The van der Waals surface area contributed by atoms with Crippen LogP contribution in [0.15, 0.2) is 34.7 Å². The summed E-state index contributed by atoms with van der Waals surface area (Å²) in [7, 11) is 0. The van der Waals surface area contributed by atoms with Gasteiger partial charge >= 0.3 is 0 Å². The van der Waals surface area contributed by atoms with Crippen molar-refractivity contribution >= 4 is 17.4 Å². The molecule has 1 heterocycles. The van der Waals surface area contributed by atoms with Crippen LogP contribution in [0.3, 0.4) is 0 Å². The smallest absolute Gasteiger partial charge is 0.220 e. The van der Waals surface area contributed by atoms with Crippen LogP contribution in [0.2, 0.25) is 0 Å².